The van der Waals surface area contributed by atoms with Gasteiger partial charge in [-0.25, -0.2) is 18.1 Å². The Morgan fingerprint density at radius 3 is 2.52 bits per heavy atom. The van der Waals surface area contributed by atoms with Crippen molar-refractivity contribution in [1.82, 2.24) is 24.4 Å². The Morgan fingerprint density at radius 1 is 1.10 bits per heavy atom. The van der Waals surface area contributed by atoms with E-state index in [-0.39, 0.29) is 42.6 Å². The molecule has 3 aromatic rings. The van der Waals surface area contributed by atoms with Gasteiger partial charge in [0.05, 0.1) is 41.3 Å². The van der Waals surface area contributed by atoms with Crippen LogP contribution in [0.15, 0.2) is 43.0 Å². The number of pyridine rings is 2. The minimum atomic E-state index is -4.56. The number of rotatable bonds is 4. The SMILES string of the molecule is CN(C(=O)Nc1cncc(C(F)(F)F)c1)C1CC2(C1)CN(C(=O)c1cnn3ccc(N4CCC(F)(F)C4)cc13)C2. The van der Waals surface area contributed by atoms with Gasteiger partial charge in [-0.15, -0.1) is 0 Å². The quantitative estimate of drug-likeness (QED) is 0.477. The molecule has 1 aliphatic carbocycles. The van der Waals surface area contributed by atoms with E-state index in [1.165, 1.54) is 11.1 Å². The molecule has 1 saturated carbocycles. The van der Waals surface area contributed by atoms with Crippen molar-refractivity contribution in [3.63, 3.8) is 0 Å². The summed E-state index contributed by atoms with van der Waals surface area (Å²) in [5, 5.41) is 6.70. The highest BCUT2D eigenvalue weighted by molar-refractivity contribution is 6.01. The third-order valence-electron chi connectivity index (χ3n) is 8.13. The van der Waals surface area contributed by atoms with Crippen molar-refractivity contribution in [3.05, 3.63) is 54.1 Å². The van der Waals surface area contributed by atoms with Crippen LogP contribution in [0.3, 0.4) is 0 Å². The van der Waals surface area contributed by atoms with Gasteiger partial charge in [0.25, 0.3) is 11.8 Å². The smallest absolute Gasteiger partial charge is 0.365 e. The molecule has 2 saturated heterocycles. The van der Waals surface area contributed by atoms with Crippen LogP contribution in [0, 0.1) is 5.41 Å². The summed E-state index contributed by atoms with van der Waals surface area (Å²) in [4.78, 5) is 34.2. The number of nitrogens with zero attached hydrogens (tertiary/aromatic N) is 6. The number of likely N-dealkylation sites (tertiary alicyclic amines) is 1. The number of aromatic nitrogens is 3. The highest BCUT2D eigenvalue weighted by Crippen LogP contribution is 2.50. The monoisotopic (exact) mass is 563 g/mol. The molecule has 0 aromatic carbocycles. The summed E-state index contributed by atoms with van der Waals surface area (Å²) in [6, 6.07) is 3.60. The van der Waals surface area contributed by atoms with Crippen molar-refractivity contribution in [2.24, 2.45) is 5.41 Å². The summed E-state index contributed by atoms with van der Waals surface area (Å²) in [5.41, 5.74) is 0.437. The normalized spacial score (nSPS) is 19.9. The van der Waals surface area contributed by atoms with Crippen LogP contribution in [0.4, 0.5) is 38.1 Å². The number of carbonyl (C=O) groups excluding carboxylic acids is 2. The molecule has 0 atom stereocenters. The van der Waals surface area contributed by atoms with Crippen molar-refractivity contribution in [1.29, 1.82) is 0 Å². The summed E-state index contributed by atoms with van der Waals surface area (Å²) in [5.74, 6) is -2.93. The molecule has 1 N–H and O–H groups in total. The van der Waals surface area contributed by atoms with Crippen LogP contribution in [0.2, 0.25) is 0 Å². The van der Waals surface area contributed by atoms with E-state index in [0.717, 1.165) is 12.3 Å². The predicted octanol–water partition coefficient (Wildman–Crippen LogP) is 4.36. The maximum absolute atomic E-state index is 13.7. The maximum atomic E-state index is 13.7. The van der Waals surface area contributed by atoms with Gasteiger partial charge in [0.2, 0.25) is 0 Å². The maximum Gasteiger partial charge on any atom is 0.417 e. The van der Waals surface area contributed by atoms with Crippen LogP contribution < -0.4 is 10.2 Å². The lowest BCUT2D eigenvalue weighted by Crippen LogP contribution is -2.67. The summed E-state index contributed by atoms with van der Waals surface area (Å²) in [7, 11) is 1.59. The first-order valence-electron chi connectivity index (χ1n) is 12.8. The first-order valence-corrected chi connectivity index (χ1v) is 12.8. The highest BCUT2D eigenvalue weighted by atomic mass is 19.4. The van der Waals surface area contributed by atoms with Crippen LogP contribution in [0.5, 0.6) is 0 Å². The molecule has 1 spiro atoms. The lowest BCUT2D eigenvalue weighted by molar-refractivity contribution is -0.137. The molecule has 6 rings (SSSR count). The molecule has 9 nitrogen and oxygen atoms in total. The second kappa shape index (κ2) is 9.03. The minimum Gasteiger partial charge on any atom is -0.365 e. The Labute approximate surface area is 225 Å². The third kappa shape index (κ3) is 4.68. The average molecular weight is 564 g/mol. The van der Waals surface area contributed by atoms with Crippen LogP contribution >= 0.6 is 0 Å². The van der Waals surface area contributed by atoms with E-state index in [0.29, 0.717) is 48.9 Å². The van der Waals surface area contributed by atoms with E-state index in [2.05, 4.69) is 15.4 Å². The number of urea groups is 1. The summed E-state index contributed by atoms with van der Waals surface area (Å²) in [6.07, 6.45) is 1.52. The Morgan fingerprint density at radius 2 is 1.85 bits per heavy atom. The molecule has 3 amide bonds. The molecule has 2 aliphatic heterocycles. The highest BCUT2D eigenvalue weighted by Gasteiger charge is 2.55. The molecule has 0 radical (unpaired) electrons. The van der Waals surface area contributed by atoms with E-state index in [1.807, 2.05) is 0 Å². The molecule has 0 bridgehead atoms. The molecule has 212 valence electrons. The van der Waals surface area contributed by atoms with Crippen molar-refractivity contribution < 1.29 is 31.5 Å². The number of anilines is 2. The zero-order valence-electron chi connectivity index (χ0n) is 21.5. The fourth-order valence-corrected chi connectivity index (χ4v) is 5.88. The van der Waals surface area contributed by atoms with Gasteiger partial charge in [-0.3, -0.25) is 9.78 Å². The summed E-state index contributed by atoms with van der Waals surface area (Å²) in [6.45, 7) is 0.884. The van der Waals surface area contributed by atoms with Crippen molar-refractivity contribution in [2.45, 2.75) is 37.4 Å². The van der Waals surface area contributed by atoms with Crippen LogP contribution in [0.1, 0.15) is 35.2 Å². The van der Waals surface area contributed by atoms with Crippen LogP contribution in [-0.4, -0.2) is 81.5 Å². The minimum absolute atomic E-state index is 0.0452. The third-order valence-corrected chi connectivity index (χ3v) is 8.13. The number of halogens is 5. The Hall–Kier alpha value is -3.97. The number of carbonyl (C=O) groups is 2. The fraction of sp³-hybridized carbons (Fsp3) is 0.462. The number of hydrogen-bond acceptors (Lipinski definition) is 5. The van der Waals surface area contributed by atoms with Gasteiger partial charge in [0, 0.05) is 62.6 Å². The first kappa shape index (κ1) is 26.3. The molecule has 3 aliphatic rings. The Balaban J connectivity index is 1.05. The molecule has 14 heteroatoms. The van der Waals surface area contributed by atoms with Crippen molar-refractivity contribution >= 4 is 28.8 Å². The van der Waals surface area contributed by atoms with E-state index >= 15 is 0 Å². The van der Waals surface area contributed by atoms with Gasteiger partial charge in [-0.1, -0.05) is 0 Å². The predicted molar refractivity (Wildman–Crippen MR) is 134 cm³/mol. The number of alkyl halides is 5. The van der Waals surface area contributed by atoms with Gasteiger partial charge in [0.1, 0.15) is 0 Å². The molecule has 40 heavy (non-hydrogen) atoms. The van der Waals surface area contributed by atoms with Gasteiger partial charge in [-0.05, 0) is 31.0 Å². The molecular formula is C26H26F5N7O2. The summed E-state index contributed by atoms with van der Waals surface area (Å²) < 4.78 is 67.7. The largest absolute Gasteiger partial charge is 0.417 e. The molecule has 3 fully saturated rings. The topological polar surface area (TPSA) is 86.1 Å². The standard InChI is InChI=1S/C26H26F5N7O2/c1-35(23(40)34-17-6-16(10-32-11-17)26(29,30)31)19-8-24(9-19)13-37(14-24)22(39)20-12-33-38-4-2-18(7-21(20)38)36-5-3-25(27,28)15-36/h2,4,6-7,10-12,19H,3,5,8-9,13-15H2,1H3,(H,34,40). The van der Waals surface area contributed by atoms with E-state index in [9.17, 15) is 31.5 Å². The lowest BCUT2D eigenvalue weighted by Gasteiger charge is -2.60. The number of fused-ring (bicyclic) bond motifs is 1. The van der Waals surface area contributed by atoms with Gasteiger partial charge in [-0.2, -0.15) is 18.3 Å². The molecule has 3 aromatic heterocycles. The molecule has 5 heterocycles. The zero-order valence-corrected chi connectivity index (χ0v) is 21.5. The van der Waals surface area contributed by atoms with Gasteiger partial charge in [0.15, 0.2) is 0 Å². The van der Waals surface area contributed by atoms with E-state index in [4.69, 9.17) is 0 Å². The molecule has 0 unspecified atom stereocenters. The average Bonchev–Trinajstić information content (AvgIpc) is 3.44. The first-order chi connectivity index (χ1) is 18.8. The van der Waals surface area contributed by atoms with Gasteiger partial charge < -0.3 is 20.0 Å². The Kier molecular flexibility index (Phi) is 5.93. The second-order valence-corrected chi connectivity index (χ2v) is 11.0. The Bertz CT molecular complexity index is 1480. The lowest BCUT2D eigenvalue weighted by atomic mass is 9.60. The second-order valence-electron chi connectivity index (χ2n) is 11.0. The number of amides is 3. The van der Waals surface area contributed by atoms with Gasteiger partial charge >= 0.3 is 12.2 Å². The molecular weight excluding hydrogens is 537 g/mol. The van der Waals surface area contributed by atoms with E-state index < -0.39 is 23.7 Å². The van der Waals surface area contributed by atoms with Crippen molar-refractivity contribution in [3.8, 4) is 0 Å². The number of hydrogen-bond donors (Lipinski definition) is 1. The van der Waals surface area contributed by atoms with Crippen LogP contribution in [0.25, 0.3) is 5.52 Å². The van der Waals surface area contributed by atoms with Crippen molar-refractivity contribution in [2.75, 3.05) is 43.4 Å². The zero-order chi connectivity index (χ0) is 28.4. The number of nitrogens with one attached hydrogen (secondary N) is 1. The summed E-state index contributed by atoms with van der Waals surface area (Å²) >= 11 is 0. The van der Waals surface area contributed by atoms with E-state index in [1.54, 1.807) is 39.7 Å². The fourth-order valence-electron chi connectivity index (χ4n) is 5.88. The van der Waals surface area contributed by atoms with Crippen LogP contribution in [-0.2, 0) is 6.18 Å².